The molecule has 0 amide bonds. The summed E-state index contributed by atoms with van der Waals surface area (Å²) in [6.07, 6.45) is 1.67. The van der Waals surface area contributed by atoms with Crippen molar-refractivity contribution < 1.29 is 18.5 Å². The Bertz CT molecular complexity index is 1650. The van der Waals surface area contributed by atoms with Crippen molar-refractivity contribution in [2.75, 3.05) is 0 Å². The van der Waals surface area contributed by atoms with E-state index in [0.717, 1.165) is 24.2 Å². The highest BCUT2D eigenvalue weighted by Gasteiger charge is 2.25. The molecule has 0 N–H and O–H groups in total. The number of benzene rings is 1. The number of hydrogen-bond acceptors (Lipinski definition) is 10. The van der Waals surface area contributed by atoms with Crippen molar-refractivity contribution in [3.05, 3.63) is 68.6 Å². The Kier molecular flexibility index (Phi) is 5.06. The summed E-state index contributed by atoms with van der Waals surface area (Å²) in [5.74, 6) is 1.08. The predicted octanol–water partition coefficient (Wildman–Crippen LogP) is 4.08. The molecule has 10 nitrogen and oxygen atoms in total. The molecule has 11 heteroatoms. The van der Waals surface area contributed by atoms with Gasteiger partial charge in [-0.1, -0.05) is 35.5 Å². The highest BCUT2D eigenvalue weighted by Crippen LogP contribution is 2.34. The van der Waals surface area contributed by atoms with Crippen LogP contribution in [0.25, 0.3) is 32.9 Å². The van der Waals surface area contributed by atoms with Gasteiger partial charge in [-0.3, -0.25) is 9.36 Å². The van der Waals surface area contributed by atoms with Crippen molar-refractivity contribution in [3.8, 4) is 22.7 Å². The first-order chi connectivity index (χ1) is 17.0. The fourth-order valence-corrected chi connectivity index (χ4v) is 5.38. The first-order valence-electron chi connectivity index (χ1n) is 11.1. The fourth-order valence-electron chi connectivity index (χ4n) is 4.29. The van der Waals surface area contributed by atoms with E-state index in [4.69, 9.17) is 13.7 Å². The maximum Gasteiger partial charge on any atom is 0.349 e. The van der Waals surface area contributed by atoms with Crippen molar-refractivity contribution >= 4 is 27.5 Å². The molecule has 1 aliphatic rings. The van der Waals surface area contributed by atoms with E-state index in [1.807, 2.05) is 30.3 Å². The number of thiophene rings is 1. The molecular weight excluding hydrogens is 470 g/mol. The van der Waals surface area contributed by atoms with E-state index < -0.39 is 5.97 Å². The highest BCUT2D eigenvalue weighted by molar-refractivity contribution is 7.20. The van der Waals surface area contributed by atoms with E-state index in [0.29, 0.717) is 44.2 Å². The van der Waals surface area contributed by atoms with Crippen LogP contribution in [0, 0.1) is 13.8 Å². The lowest BCUT2D eigenvalue weighted by Crippen LogP contribution is -2.20. The van der Waals surface area contributed by atoms with Gasteiger partial charge >= 0.3 is 5.97 Å². The van der Waals surface area contributed by atoms with Gasteiger partial charge in [-0.05, 0) is 25.8 Å². The standard InChI is InChI=1S/C24H19N5O5S/c1-12-17-22(25-15-9-6-10-29(15)23(17)30)35-20(12)24(31)32-11-16-26-27-21(33-16)18-13(2)34-28-19(18)14-7-4-3-5-8-14/h3-5,7-8H,6,9-11H2,1-2H3. The monoisotopic (exact) mass is 489 g/mol. The van der Waals surface area contributed by atoms with Gasteiger partial charge in [0.1, 0.15) is 32.5 Å². The minimum absolute atomic E-state index is 0.102. The average molecular weight is 490 g/mol. The molecule has 35 heavy (non-hydrogen) atoms. The summed E-state index contributed by atoms with van der Waals surface area (Å²) in [5.41, 5.74) is 2.49. The fraction of sp³-hybridized carbons (Fsp3) is 0.250. The average Bonchev–Trinajstić information content (AvgIpc) is 3.65. The normalized spacial score (nSPS) is 12.9. The van der Waals surface area contributed by atoms with E-state index in [1.165, 1.54) is 11.3 Å². The number of aryl methyl sites for hydroxylation is 3. The molecule has 1 aliphatic heterocycles. The second kappa shape index (κ2) is 8.27. The lowest BCUT2D eigenvalue weighted by molar-refractivity contribution is 0.0444. The molecule has 0 unspecified atom stereocenters. The number of carbonyl (C=O) groups is 1. The maximum absolute atomic E-state index is 12.9. The summed E-state index contributed by atoms with van der Waals surface area (Å²) < 4.78 is 18.2. The van der Waals surface area contributed by atoms with Gasteiger partial charge in [0.25, 0.3) is 17.3 Å². The molecule has 176 valence electrons. The number of carbonyl (C=O) groups excluding carboxylic acids is 1. The van der Waals surface area contributed by atoms with Crippen molar-refractivity contribution in [3.63, 3.8) is 0 Å². The lowest BCUT2D eigenvalue weighted by atomic mass is 10.1. The Hall–Kier alpha value is -4.12. The molecule has 6 rings (SSSR count). The van der Waals surface area contributed by atoms with Gasteiger partial charge in [0.05, 0.1) is 5.39 Å². The first-order valence-corrected chi connectivity index (χ1v) is 11.9. The number of fused-ring (bicyclic) bond motifs is 2. The summed E-state index contributed by atoms with van der Waals surface area (Å²) in [7, 11) is 0. The Morgan fingerprint density at radius 3 is 2.86 bits per heavy atom. The Morgan fingerprint density at radius 2 is 2.03 bits per heavy atom. The third kappa shape index (κ3) is 3.55. The van der Waals surface area contributed by atoms with Crippen molar-refractivity contribution in [2.24, 2.45) is 0 Å². The van der Waals surface area contributed by atoms with Crippen LogP contribution in [0.1, 0.15) is 39.1 Å². The van der Waals surface area contributed by atoms with Crippen LogP contribution in [0.15, 0.2) is 44.1 Å². The van der Waals surface area contributed by atoms with Gasteiger partial charge in [-0.15, -0.1) is 21.5 Å². The molecule has 0 atom stereocenters. The molecule has 1 aromatic carbocycles. The largest absolute Gasteiger partial charge is 0.451 e. The second-order valence-electron chi connectivity index (χ2n) is 8.23. The van der Waals surface area contributed by atoms with E-state index in [1.54, 1.807) is 18.4 Å². The number of hydrogen-bond donors (Lipinski definition) is 0. The van der Waals surface area contributed by atoms with Gasteiger partial charge in [0.2, 0.25) is 0 Å². The van der Waals surface area contributed by atoms with Gasteiger partial charge in [0, 0.05) is 18.5 Å². The Morgan fingerprint density at radius 1 is 1.20 bits per heavy atom. The number of esters is 1. The molecule has 0 saturated carbocycles. The van der Waals surface area contributed by atoms with E-state index in [2.05, 4.69) is 20.3 Å². The van der Waals surface area contributed by atoms with Gasteiger partial charge < -0.3 is 13.7 Å². The van der Waals surface area contributed by atoms with Gasteiger partial charge in [-0.2, -0.15) is 0 Å². The number of ether oxygens (including phenoxy) is 1. The maximum atomic E-state index is 12.9. The summed E-state index contributed by atoms with van der Waals surface area (Å²) in [6, 6.07) is 9.52. The highest BCUT2D eigenvalue weighted by atomic mass is 32.1. The smallest absolute Gasteiger partial charge is 0.349 e. The molecular formula is C24H19N5O5S. The van der Waals surface area contributed by atoms with Gasteiger partial charge in [0.15, 0.2) is 6.61 Å². The molecule has 0 radical (unpaired) electrons. The van der Waals surface area contributed by atoms with Crippen LogP contribution < -0.4 is 5.56 Å². The van der Waals surface area contributed by atoms with Crippen LogP contribution in [0.2, 0.25) is 0 Å². The molecule has 0 bridgehead atoms. The van der Waals surface area contributed by atoms with Crippen LogP contribution in [-0.4, -0.2) is 30.9 Å². The van der Waals surface area contributed by atoms with Crippen LogP contribution in [0.3, 0.4) is 0 Å². The minimum Gasteiger partial charge on any atom is -0.451 e. The third-order valence-corrected chi connectivity index (χ3v) is 7.18. The topological polar surface area (TPSA) is 126 Å². The number of aromatic nitrogens is 5. The van der Waals surface area contributed by atoms with Crippen molar-refractivity contribution in [1.82, 2.24) is 24.9 Å². The number of nitrogens with zero attached hydrogens (tertiary/aromatic N) is 5. The Balaban J connectivity index is 1.24. The predicted molar refractivity (Wildman–Crippen MR) is 126 cm³/mol. The van der Waals surface area contributed by atoms with Crippen LogP contribution in [0.5, 0.6) is 0 Å². The van der Waals surface area contributed by atoms with Crippen molar-refractivity contribution in [2.45, 2.75) is 39.8 Å². The first kappa shape index (κ1) is 21.4. The summed E-state index contributed by atoms with van der Waals surface area (Å²) in [4.78, 5) is 31.2. The summed E-state index contributed by atoms with van der Waals surface area (Å²) in [6.45, 7) is 3.94. The lowest BCUT2D eigenvalue weighted by Gasteiger charge is -2.02. The number of rotatable bonds is 5. The Labute approximate surface area is 202 Å². The summed E-state index contributed by atoms with van der Waals surface area (Å²) in [5, 5.41) is 12.7. The molecule has 0 spiro atoms. The zero-order valence-corrected chi connectivity index (χ0v) is 19.7. The van der Waals surface area contributed by atoms with E-state index >= 15 is 0 Å². The molecule has 0 fully saturated rings. The van der Waals surface area contributed by atoms with Crippen LogP contribution >= 0.6 is 11.3 Å². The molecule has 4 aromatic heterocycles. The second-order valence-corrected chi connectivity index (χ2v) is 9.23. The molecule has 5 heterocycles. The zero-order valence-electron chi connectivity index (χ0n) is 18.9. The van der Waals surface area contributed by atoms with E-state index in [9.17, 15) is 9.59 Å². The van der Waals surface area contributed by atoms with Crippen LogP contribution in [-0.2, 0) is 24.3 Å². The minimum atomic E-state index is -0.569. The molecule has 0 saturated heterocycles. The van der Waals surface area contributed by atoms with Gasteiger partial charge in [-0.25, -0.2) is 9.78 Å². The van der Waals surface area contributed by atoms with Crippen molar-refractivity contribution in [1.29, 1.82) is 0 Å². The SMILES string of the molecule is Cc1onc(-c2ccccc2)c1-c1nnc(COC(=O)c2sc3nc4n(c(=O)c3c2C)CCC4)o1. The zero-order chi connectivity index (χ0) is 24.1. The van der Waals surface area contributed by atoms with E-state index in [-0.39, 0.29) is 23.9 Å². The summed E-state index contributed by atoms with van der Waals surface area (Å²) >= 11 is 1.17. The quantitative estimate of drug-likeness (QED) is 0.336. The van der Waals surface area contributed by atoms with Crippen LogP contribution in [0.4, 0.5) is 0 Å². The third-order valence-electron chi connectivity index (χ3n) is 6.01. The molecule has 0 aliphatic carbocycles. The molecule has 5 aromatic rings.